The topological polar surface area (TPSA) is 65.8 Å². The van der Waals surface area contributed by atoms with Crippen molar-refractivity contribution in [1.82, 2.24) is 15.1 Å². The van der Waals surface area contributed by atoms with Gasteiger partial charge in [0.15, 0.2) is 0 Å². The quantitative estimate of drug-likeness (QED) is 0.880. The normalized spacial score (nSPS) is 16.4. The van der Waals surface area contributed by atoms with E-state index in [9.17, 15) is 9.59 Å². The lowest BCUT2D eigenvalue weighted by Gasteiger charge is -2.36. The lowest BCUT2D eigenvalue weighted by atomic mass is 10.0. The molecule has 1 aromatic carbocycles. The van der Waals surface area contributed by atoms with E-state index in [-0.39, 0.29) is 23.9 Å². The van der Waals surface area contributed by atoms with Crippen LogP contribution in [0.2, 0.25) is 0 Å². The van der Waals surface area contributed by atoms with Crippen molar-refractivity contribution in [3.8, 4) is 0 Å². The van der Waals surface area contributed by atoms with Crippen LogP contribution in [-0.4, -0.2) is 54.8 Å². The second kappa shape index (κ2) is 8.39. The Balaban J connectivity index is 1.59. The number of carbonyl (C=O) groups excluding carboxylic acids is 2. The number of furan rings is 1. The number of benzene rings is 1. The molecule has 1 N–H and O–H groups in total. The minimum absolute atomic E-state index is 0.0744. The lowest BCUT2D eigenvalue weighted by Crippen LogP contribution is -2.49. The largest absolute Gasteiger partial charge is 0.469 e. The van der Waals surface area contributed by atoms with Gasteiger partial charge in [-0.25, -0.2) is 0 Å². The fourth-order valence-electron chi connectivity index (χ4n) is 3.60. The molecule has 1 saturated heterocycles. The van der Waals surface area contributed by atoms with Gasteiger partial charge in [0.2, 0.25) is 5.91 Å². The minimum Gasteiger partial charge on any atom is -0.469 e. The summed E-state index contributed by atoms with van der Waals surface area (Å²) in [5.41, 5.74) is 1.57. The Bertz CT molecular complexity index is 777. The first kappa shape index (κ1) is 19.2. The fraction of sp³-hybridized carbons (Fsp3) is 0.429. The van der Waals surface area contributed by atoms with Gasteiger partial charge in [-0.3, -0.25) is 14.5 Å². The molecular weight excluding hydrogens is 342 g/mol. The van der Waals surface area contributed by atoms with Gasteiger partial charge in [0.1, 0.15) is 11.8 Å². The van der Waals surface area contributed by atoms with Crippen LogP contribution in [0, 0.1) is 6.92 Å². The van der Waals surface area contributed by atoms with E-state index in [4.69, 9.17) is 4.42 Å². The van der Waals surface area contributed by atoms with E-state index in [1.807, 2.05) is 54.2 Å². The second-order valence-electron chi connectivity index (χ2n) is 7.24. The molecular formula is C21H27N3O3. The molecule has 2 amide bonds. The van der Waals surface area contributed by atoms with Crippen LogP contribution < -0.4 is 5.32 Å². The van der Waals surface area contributed by atoms with Crippen molar-refractivity contribution in [2.45, 2.75) is 31.8 Å². The smallest absolute Gasteiger partial charge is 0.255 e. The summed E-state index contributed by atoms with van der Waals surface area (Å²) in [6, 6.07) is 11.3. The molecule has 0 aliphatic carbocycles. The molecule has 1 aromatic heterocycles. The van der Waals surface area contributed by atoms with Crippen molar-refractivity contribution in [2.24, 2.45) is 0 Å². The number of aryl methyl sites for hydroxylation is 1. The molecule has 3 rings (SSSR count). The fourth-order valence-corrected chi connectivity index (χ4v) is 3.60. The molecule has 6 heteroatoms. The van der Waals surface area contributed by atoms with Crippen molar-refractivity contribution in [2.75, 3.05) is 27.2 Å². The van der Waals surface area contributed by atoms with Crippen molar-refractivity contribution in [3.63, 3.8) is 0 Å². The van der Waals surface area contributed by atoms with Gasteiger partial charge >= 0.3 is 0 Å². The first-order chi connectivity index (χ1) is 13.0. The monoisotopic (exact) mass is 369 g/mol. The molecule has 1 unspecified atom stereocenters. The first-order valence-electron chi connectivity index (χ1n) is 9.32. The molecule has 0 spiro atoms. The molecule has 2 heterocycles. The number of hydrogen-bond donors (Lipinski definition) is 1. The Morgan fingerprint density at radius 1 is 1.15 bits per heavy atom. The molecule has 1 fully saturated rings. The Labute approximate surface area is 160 Å². The molecule has 0 saturated carbocycles. The Kier molecular flexibility index (Phi) is 5.96. The summed E-state index contributed by atoms with van der Waals surface area (Å²) in [5, 5.41) is 3.06. The molecule has 2 aromatic rings. The first-order valence-corrected chi connectivity index (χ1v) is 9.32. The van der Waals surface area contributed by atoms with Crippen LogP contribution in [0.5, 0.6) is 0 Å². The average molecular weight is 369 g/mol. The van der Waals surface area contributed by atoms with Gasteiger partial charge < -0.3 is 14.6 Å². The van der Waals surface area contributed by atoms with E-state index in [0.29, 0.717) is 24.4 Å². The highest BCUT2D eigenvalue weighted by Gasteiger charge is 2.31. The summed E-state index contributed by atoms with van der Waals surface area (Å²) >= 11 is 0. The van der Waals surface area contributed by atoms with Gasteiger partial charge in [-0.05, 0) is 45.5 Å². The van der Waals surface area contributed by atoms with Crippen LogP contribution >= 0.6 is 0 Å². The average Bonchev–Trinajstić information content (AvgIpc) is 3.09. The summed E-state index contributed by atoms with van der Waals surface area (Å²) in [6.45, 7) is 3.07. The van der Waals surface area contributed by atoms with E-state index in [1.165, 1.54) is 6.26 Å². The molecule has 1 aliphatic rings. The summed E-state index contributed by atoms with van der Waals surface area (Å²) in [4.78, 5) is 29.3. The van der Waals surface area contributed by atoms with E-state index in [0.717, 1.165) is 18.4 Å². The van der Waals surface area contributed by atoms with Crippen LogP contribution in [0.3, 0.4) is 0 Å². The number of nitrogens with zero attached hydrogens (tertiary/aromatic N) is 2. The highest BCUT2D eigenvalue weighted by Crippen LogP contribution is 2.23. The highest BCUT2D eigenvalue weighted by atomic mass is 16.3. The number of piperidine rings is 1. The minimum atomic E-state index is -0.286. The zero-order valence-corrected chi connectivity index (χ0v) is 16.1. The number of carbonyl (C=O) groups is 2. The third kappa shape index (κ3) is 4.39. The summed E-state index contributed by atoms with van der Waals surface area (Å²) in [7, 11) is 3.85. The Morgan fingerprint density at radius 3 is 2.37 bits per heavy atom. The summed E-state index contributed by atoms with van der Waals surface area (Å²) in [6.07, 6.45) is 3.03. The SMILES string of the molecule is Cc1occc1C(=O)NC1CCN(C(=O)C(c2ccccc2)N(C)C)CC1. The molecule has 27 heavy (non-hydrogen) atoms. The second-order valence-corrected chi connectivity index (χ2v) is 7.24. The standard InChI is InChI=1S/C21H27N3O3/c1-15-18(11-14-27-15)20(25)22-17-9-12-24(13-10-17)21(26)19(23(2)3)16-7-5-4-6-8-16/h4-8,11,14,17,19H,9-10,12-13H2,1-3H3,(H,22,25). The van der Waals surface area contributed by atoms with Crippen LogP contribution in [-0.2, 0) is 4.79 Å². The third-order valence-corrected chi connectivity index (χ3v) is 5.11. The number of nitrogens with one attached hydrogen (secondary N) is 1. The summed E-state index contributed by atoms with van der Waals surface area (Å²) < 4.78 is 5.20. The van der Waals surface area contributed by atoms with Gasteiger partial charge in [0, 0.05) is 19.1 Å². The van der Waals surface area contributed by atoms with Gasteiger partial charge in [-0.1, -0.05) is 30.3 Å². The van der Waals surface area contributed by atoms with E-state index in [1.54, 1.807) is 13.0 Å². The molecule has 6 nitrogen and oxygen atoms in total. The third-order valence-electron chi connectivity index (χ3n) is 5.11. The van der Waals surface area contributed by atoms with E-state index >= 15 is 0 Å². The number of likely N-dealkylation sites (tertiary alicyclic amines) is 1. The van der Waals surface area contributed by atoms with Gasteiger partial charge in [0.25, 0.3) is 5.91 Å². The van der Waals surface area contributed by atoms with Crippen molar-refractivity contribution in [3.05, 3.63) is 59.5 Å². The van der Waals surface area contributed by atoms with Crippen molar-refractivity contribution in [1.29, 1.82) is 0 Å². The van der Waals surface area contributed by atoms with Crippen LogP contribution in [0.4, 0.5) is 0 Å². The maximum Gasteiger partial charge on any atom is 0.255 e. The van der Waals surface area contributed by atoms with Gasteiger partial charge in [0.05, 0.1) is 11.8 Å². The van der Waals surface area contributed by atoms with Crippen LogP contribution in [0.1, 0.15) is 40.6 Å². The van der Waals surface area contributed by atoms with Gasteiger partial charge in [-0.2, -0.15) is 0 Å². The van der Waals surface area contributed by atoms with Crippen LogP contribution in [0.25, 0.3) is 0 Å². The highest BCUT2D eigenvalue weighted by molar-refractivity contribution is 5.95. The summed E-state index contributed by atoms with van der Waals surface area (Å²) in [5.74, 6) is 0.625. The molecule has 1 aliphatic heterocycles. The van der Waals surface area contributed by atoms with Crippen molar-refractivity contribution < 1.29 is 14.0 Å². The lowest BCUT2D eigenvalue weighted by molar-refractivity contribution is -0.137. The number of amides is 2. The predicted octanol–water partition coefficient (Wildman–Crippen LogP) is 2.61. The van der Waals surface area contributed by atoms with Gasteiger partial charge in [-0.15, -0.1) is 0 Å². The predicted molar refractivity (Wildman–Crippen MR) is 103 cm³/mol. The van der Waals surface area contributed by atoms with E-state index < -0.39 is 0 Å². The maximum absolute atomic E-state index is 13.1. The maximum atomic E-state index is 13.1. The molecule has 1 atom stereocenters. The molecule has 0 bridgehead atoms. The Morgan fingerprint density at radius 2 is 1.81 bits per heavy atom. The molecule has 0 radical (unpaired) electrons. The number of likely N-dealkylation sites (N-methyl/N-ethyl adjacent to an activating group) is 1. The van der Waals surface area contributed by atoms with Crippen LogP contribution in [0.15, 0.2) is 47.1 Å². The number of hydrogen-bond acceptors (Lipinski definition) is 4. The van der Waals surface area contributed by atoms with E-state index in [2.05, 4.69) is 5.32 Å². The number of rotatable bonds is 5. The Hall–Kier alpha value is -2.60. The zero-order chi connectivity index (χ0) is 19.4. The molecule has 144 valence electrons. The zero-order valence-electron chi connectivity index (χ0n) is 16.1. The van der Waals surface area contributed by atoms with Crippen molar-refractivity contribution >= 4 is 11.8 Å².